The molecule has 0 spiro atoms. The zero-order chi connectivity index (χ0) is 30.0. The maximum Gasteiger partial charge on any atom is 0.358 e. The van der Waals surface area contributed by atoms with Gasteiger partial charge in [0.25, 0.3) is 0 Å². The summed E-state index contributed by atoms with van der Waals surface area (Å²) in [6.07, 6.45) is 18.9. The zero-order valence-electron chi connectivity index (χ0n) is 27.0. The summed E-state index contributed by atoms with van der Waals surface area (Å²) >= 11 is 3.70. The fourth-order valence-electron chi connectivity index (χ4n) is 7.72. The summed E-state index contributed by atoms with van der Waals surface area (Å²) < 4.78 is 34.4. The highest BCUT2D eigenvalue weighted by Gasteiger charge is 2.44. The van der Waals surface area contributed by atoms with E-state index in [9.17, 15) is 8.78 Å². The van der Waals surface area contributed by atoms with Crippen LogP contribution in [0.1, 0.15) is 149 Å². The Labute approximate surface area is 266 Å². The van der Waals surface area contributed by atoms with Crippen LogP contribution in [0.4, 0.5) is 8.78 Å². The van der Waals surface area contributed by atoms with E-state index in [-0.39, 0.29) is 6.10 Å². The second kappa shape index (κ2) is 17.2. The summed E-state index contributed by atoms with van der Waals surface area (Å²) in [5.41, 5.74) is 0. The van der Waals surface area contributed by atoms with E-state index in [1.54, 1.807) is 0 Å². The minimum atomic E-state index is -2.96. The third-order valence-electron chi connectivity index (χ3n) is 11.2. The maximum absolute atomic E-state index is 14.6. The van der Waals surface area contributed by atoms with E-state index < -0.39 is 12.0 Å². The molecule has 5 aliphatic carbocycles. The standard InChI is InChI=1S/C23H36F2O.C15H23Br/c1-17-3-7-19(8-4-17)9-10-20-11-13-21(14-12-20)23(24,25)26-22-15-5-18(2)6-16-22;1-12-2-4-13(5-3-12)6-7-14-8-10-15(16)11-9-14/h17-22H,3-8,11-16H2,1-2H3;12-15H,2-5,8-11H2,1H3. The number of halogens is 3. The van der Waals surface area contributed by atoms with E-state index in [0.717, 1.165) is 61.1 Å². The highest BCUT2D eigenvalue weighted by Crippen LogP contribution is 2.42. The van der Waals surface area contributed by atoms with Gasteiger partial charge in [0.05, 0.1) is 12.0 Å². The minimum Gasteiger partial charge on any atom is -0.317 e. The van der Waals surface area contributed by atoms with Gasteiger partial charge in [0.2, 0.25) is 0 Å². The second-order valence-corrected chi connectivity index (χ2v) is 16.3. The number of hydrogen-bond acceptors (Lipinski definition) is 1. The summed E-state index contributed by atoms with van der Waals surface area (Å²) in [6, 6.07) is 0. The third-order valence-corrected chi connectivity index (χ3v) is 12.1. The molecular formula is C38H59BrF2O. The lowest BCUT2D eigenvalue weighted by Gasteiger charge is -2.35. The van der Waals surface area contributed by atoms with Gasteiger partial charge < -0.3 is 4.74 Å². The Morgan fingerprint density at radius 1 is 0.476 bits per heavy atom. The Morgan fingerprint density at radius 3 is 1.17 bits per heavy atom. The van der Waals surface area contributed by atoms with Crippen molar-refractivity contribution >= 4 is 15.9 Å². The van der Waals surface area contributed by atoms with Crippen molar-refractivity contribution in [2.45, 2.75) is 166 Å². The van der Waals surface area contributed by atoms with Gasteiger partial charge in [-0.05, 0) is 146 Å². The molecule has 42 heavy (non-hydrogen) atoms. The first-order chi connectivity index (χ1) is 20.2. The fourth-order valence-corrected chi connectivity index (χ4v) is 8.25. The van der Waals surface area contributed by atoms with Crippen molar-refractivity contribution < 1.29 is 13.5 Å². The van der Waals surface area contributed by atoms with E-state index in [1.165, 1.54) is 77.0 Å². The van der Waals surface area contributed by atoms with E-state index in [0.29, 0.717) is 36.5 Å². The fraction of sp³-hybridized carbons (Fsp3) is 0.895. The van der Waals surface area contributed by atoms with Crippen LogP contribution in [0.2, 0.25) is 0 Å². The first kappa shape index (κ1) is 34.3. The summed E-state index contributed by atoms with van der Waals surface area (Å²) in [7, 11) is 0. The maximum atomic E-state index is 14.6. The number of alkyl halides is 3. The zero-order valence-corrected chi connectivity index (χ0v) is 28.5. The highest BCUT2D eigenvalue weighted by atomic mass is 79.9. The van der Waals surface area contributed by atoms with Crippen LogP contribution in [0, 0.1) is 71.0 Å². The molecule has 0 radical (unpaired) electrons. The molecule has 238 valence electrons. The van der Waals surface area contributed by atoms with Crippen LogP contribution in [-0.4, -0.2) is 17.0 Å². The van der Waals surface area contributed by atoms with Crippen LogP contribution < -0.4 is 0 Å². The van der Waals surface area contributed by atoms with E-state index in [2.05, 4.69) is 60.4 Å². The molecule has 0 aromatic carbocycles. The largest absolute Gasteiger partial charge is 0.358 e. The van der Waals surface area contributed by atoms with Crippen molar-refractivity contribution in [3.05, 3.63) is 0 Å². The first-order valence-corrected chi connectivity index (χ1v) is 18.8. The van der Waals surface area contributed by atoms with Crippen LogP contribution in [-0.2, 0) is 4.74 Å². The second-order valence-electron chi connectivity index (χ2n) is 15.0. The average molecular weight is 650 g/mol. The van der Waals surface area contributed by atoms with Crippen LogP contribution in [0.5, 0.6) is 0 Å². The first-order valence-electron chi connectivity index (χ1n) is 17.9. The number of ether oxygens (including phenoxy) is 1. The molecule has 4 heteroatoms. The molecular weight excluding hydrogens is 590 g/mol. The molecule has 0 N–H and O–H groups in total. The predicted molar refractivity (Wildman–Crippen MR) is 175 cm³/mol. The van der Waals surface area contributed by atoms with Crippen molar-refractivity contribution in [3.8, 4) is 23.7 Å². The number of hydrogen-bond donors (Lipinski definition) is 0. The van der Waals surface area contributed by atoms with Crippen LogP contribution in [0.25, 0.3) is 0 Å². The topological polar surface area (TPSA) is 9.23 Å². The molecule has 0 atom stereocenters. The lowest BCUT2D eigenvalue weighted by molar-refractivity contribution is -0.301. The smallest absolute Gasteiger partial charge is 0.317 e. The van der Waals surface area contributed by atoms with Crippen molar-refractivity contribution in [1.82, 2.24) is 0 Å². The Balaban J connectivity index is 0.000000216. The summed E-state index contributed by atoms with van der Waals surface area (Å²) in [5.74, 6) is 18.1. The molecule has 0 aliphatic heterocycles. The molecule has 5 rings (SSSR count). The van der Waals surface area contributed by atoms with Gasteiger partial charge in [-0.25, -0.2) is 0 Å². The van der Waals surface area contributed by atoms with Crippen LogP contribution in [0.3, 0.4) is 0 Å². The van der Waals surface area contributed by atoms with E-state index in [1.807, 2.05) is 0 Å². The highest BCUT2D eigenvalue weighted by molar-refractivity contribution is 9.09. The van der Waals surface area contributed by atoms with Gasteiger partial charge in [0, 0.05) is 28.5 Å². The van der Waals surface area contributed by atoms with Gasteiger partial charge >= 0.3 is 6.11 Å². The Morgan fingerprint density at radius 2 is 0.786 bits per heavy atom. The van der Waals surface area contributed by atoms with Gasteiger partial charge in [-0.2, -0.15) is 8.78 Å². The lowest BCUT2D eigenvalue weighted by atomic mass is 9.80. The average Bonchev–Trinajstić information content (AvgIpc) is 2.99. The summed E-state index contributed by atoms with van der Waals surface area (Å²) in [6.45, 7) is 6.90. The lowest BCUT2D eigenvalue weighted by Crippen LogP contribution is -2.38. The van der Waals surface area contributed by atoms with E-state index in [4.69, 9.17) is 4.74 Å². The van der Waals surface area contributed by atoms with Gasteiger partial charge in [0.15, 0.2) is 0 Å². The summed E-state index contributed by atoms with van der Waals surface area (Å²) in [5, 5.41) is 0. The molecule has 0 unspecified atom stereocenters. The van der Waals surface area contributed by atoms with Crippen LogP contribution in [0.15, 0.2) is 0 Å². The molecule has 0 saturated heterocycles. The normalized spacial score (nSPS) is 39.4. The van der Waals surface area contributed by atoms with Crippen LogP contribution >= 0.6 is 15.9 Å². The van der Waals surface area contributed by atoms with Crippen molar-refractivity contribution in [3.63, 3.8) is 0 Å². The van der Waals surface area contributed by atoms with Gasteiger partial charge in [-0.3, -0.25) is 0 Å². The molecule has 1 nitrogen and oxygen atoms in total. The quantitative estimate of drug-likeness (QED) is 0.218. The SMILES string of the molecule is CC1CCC(C#CC2CCC(Br)CC2)CC1.CC1CCC(C#CC2CCC(C(F)(F)OC3CCC(C)CC3)CC2)CC1. The van der Waals surface area contributed by atoms with Crippen molar-refractivity contribution in [2.75, 3.05) is 0 Å². The molecule has 5 saturated carbocycles. The molecule has 5 aliphatic rings. The summed E-state index contributed by atoms with van der Waals surface area (Å²) in [4.78, 5) is 0.765. The Hall–Kier alpha value is -0.580. The monoisotopic (exact) mass is 648 g/mol. The number of rotatable bonds is 3. The molecule has 5 fully saturated rings. The predicted octanol–water partition coefficient (Wildman–Crippen LogP) is 11.6. The molecule has 0 aromatic rings. The van der Waals surface area contributed by atoms with E-state index >= 15 is 0 Å². The molecule has 0 amide bonds. The van der Waals surface area contributed by atoms with Crippen molar-refractivity contribution in [2.24, 2.45) is 47.3 Å². The van der Waals surface area contributed by atoms with Gasteiger partial charge in [-0.15, -0.1) is 0 Å². The Kier molecular flexibility index (Phi) is 14.0. The van der Waals surface area contributed by atoms with Crippen molar-refractivity contribution in [1.29, 1.82) is 0 Å². The third kappa shape index (κ3) is 11.7. The van der Waals surface area contributed by atoms with Gasteiger partial charge in [-0.1, -0.05) is 60.4 Å². The molecule has 0 aromatic heterocycles. The Bertz CT molecular complexity index is 861. The molecule has 0 bridgehead atoms. The molecule has 0 heterocycles. The minimum absolute atomic E-state index is 0.243. The van der Waals surface area contributed by atoms with Gasteiger partial charge in [0.1, 0.15) is 0 Å².